The molecule has 2 aliphatic rings. The second-order valence-corrected chi connectivity index (χ2v) is 5.83. The first-order valence-electron chi connectivity index (χ1n) is 6.72. The molecule has 0 aromatic rings. The van der Waals surface area contributed by atoms with Gasteiger partial charge in [-0.25, -0.2) is 0 Å². The summed E-state index contributed by atoms with van der Waals surface area (Å²) in [5, 5.41) is 6.48. The van der Waals surface area contributed by atoms with Crippen LogP contribution < -0.4 is 10.6 Å². The monoisotopic (exact) mass is 240 g/mol. The molecule has 1 amide bonds. The Hall–Kier alpha value is -0.610. The van der Waals surface area contributed by atoms with E-state index in [9.17, 15) is 4.79 Å². The third-order valence-electron chi connectivity index (χ3n) is 3.75. The smallest absolute Gasteiger partial charge is 0.223 e. The minimum Gasteiger partial charge on any atom is -0.375 e. The van der Waals surface area contributed by atoms with Gasteiger partial charge in [0.25, 0.3) is 0 Å². The predicted molar refractivity (Wildman–Crippen MR) is 66.8 cm³/mol. The molecular weight excluding hydrogens is 216 g/mol. The second-order valence-electron chi connectivity index (χ2n) is 5.83. The van der Waals surface area contributed by atoms with Gasteiger partial charge in [-0.3, -0.25) is 4.79 Å². The molecule has 2 saturated heterocycles. The molecule has 2 N–H and O–H groups in total. The molecule has 2 heterocycles. The van der Waals surface area contributed by atoms with E-state index in [2.05, 4.69) is 24.5 Å². The van der Waals surface area contributed by atoms with Crippen LogP contribution in [-0.4, -0.2) is 37.2 Å². The molecule has 4 nitrogen and oxygen atoms in total. The van der Waals surface area contributed by atoms with Crippen LogP contribution in [0.5, 0.6) is 0 Å². The van der Waals surface area contributed by atoms with Crippen LogP contribution in [0.2, 0.25) is 0 Å². The Kier molecular flexibility index (Phi) is 4.05. The molecule has 1 atom stereocenters. The van der Waals surface area contributed by atoms with Crippen molar-refractivity contribution >= 4 is 5.91 Å². The Bertz CT molecular complexity index is 273. The van der Waals surface area contributed by atoms with E-state index in [-0.39, 0.29) is 17.4 Å². The topological polar surface area (TPSA) is 50.4 Å². The molecule has 98 valence electrons. The van der Waals surface area contributed by atoms with Gasteiger partial charge in [0.15, 0.2) is 0 Å². The highest BCUT2D eigenvalue weighted by atomic mass is 16.5. The molecule has 0 aliphatic carbocycles. The van der Waals surface area contributed by atoms with Crippen molar-refractivity contribution < 1.29 is 9.53 Å². The Morgan fingerprint density at radius 3 is 2.65 bits per heavy atom. The van der Waals surface area contributed by atoms with Gasteiger partial charge in [0.05, 0.1) is 5.60 Å². The summed E-state index contributed by atoms with van der Waals surface area (Å²) in [7, 11) is 0. The van der Waals surface area contributed by atoms with Gasteiger partial charge in [-0.1, -0.05) is 0 Å². The number of hydrogen-bond acceptors (Lipinski definition) is 3. The highest BCUT2D eigenvalue weighted by Crippen LogP contribution is 2.24. The fourth-order valence-corrected chi connectivity index (χ4v) is 2.76. The average Bonchev–Trinajstić information content (AvgIpc) is 2.29. The number of hydrogen-bond donors (Lipinski definition) is 2. The van der Waals surface area contributed by atoms with Gasteiger partial charge >= 0.3 is 0 Å². The maximum absolute atomic E-state index is 12.1. The van der Waals surface area contributed by atoms with Crippen LogP contribution in [0.3, 0.4) is 0 Å². The SMILES string of the molecule is CC1(C)CC(NC(=O)C2CCNCC2)CCO1. The normalized spacial score (nSPS) is 29.9. The van der Waals surface area contributed by atoms with Crippen molar-refractivity contribution in [2.75, 3.05) is 19.7 Å². The van der Waals surface area contributed by atoms with Crippen LogP contribution in [0.15, 0.2) is 0 Å². The second kappa shape index (κ2) is 5.36. The van der Waals surface area contributed by atoms with Gasteiger partial charge in [-0.2, -0.15) is 0 Å². The number of carbonyl (C=O) groups is 1. The van der Waals surface area contributed by atoms with E-state index in [1.165, 1.54) is 0 Å². The largest absolute Gasteiger partial charge is 0.375 e. The van der Waals surface area contributed by atoms with Crippen molar-refractivity contribution in [2.45, 2.75) is 51.2 Å². The zero-order valence-corrected chi connectivity index (χ0v) is 10.9. The summed E-state index contributed by atoms with van der Waals surface area (Å²) < 4.78 is 5.66. The third kappa shape index (κ3) is 3.68. The molecule has 2 fully saturated rings. The van der Waals surface area contributed by atoms with Gasteiger partial charge in [-0.05, 0) is 52.6 Å². The highest BCUT2D eigenvalue weighted by Gasteiger charge is 2.31. The van der Waals surface area contributed by atoms with E-state index in [4.69, 9.17) is 4.74 Å². The minimum atomic E-state index is -0.0929. The molecular formula is C13H24N2O2. The average molecular weight is 240 g/mol. The van der Waals surface area contributed by atoms with E-state index in [1.807, 2.05) is 0 Å². The standard InChI is InChI=1S/C13H24N2O2/c1-13(2)9-11(5-8-17-13)15-12(16)10-3-6-14-7-4-10/h10-11,14H,3-9H2,1-2H3,(H,15,16). The Labute approximate surface area is 103 Å². The number of rotatable bonds is 2. The number of carbonyl (C=O) groups excluding carboxylic acids is 1. The van der Waals surface area contributed by atoms with Crippen LogP contribution in [0, 0.1) is 5.92 Å². The van der Waals surface area contributed by atoms with Gasteiger partial charge in [0.1, 0.15) is 0 Å². The lowest BCUT2D eigenvalue weighted by atomic mass is 9.92. The molecule has 0 spiro atoms. The fourth-order valence-electron chi connectivity index (χ4n) is 2.76. The number of amides is 1. The highest BCUT2D eigenvalue weighted by molar-refractivity contribution is 5.79. The van der Waals surface area contributed by atoms with Crippen LogP contribution in [-0.2, 0) is 9.53 Å². The summed E-state index contributed by atoms with van der Waals surface area (Å²) >= 11 is 0. The zero-order chi connectivity index (χ0) is 12.3. The number of ether oxygens (including phenoxy) is 1. The molecule has 0 radical (unpaired) electrons. The van der Waals surface area contributed by atoms with E-state index in [1.54, 1.807) is 0 Å². The lowest BCUT2D eigenvalue weighted by Gasteiger charge is -2.36. The van der Waals surface area contributed by atoms with Crippen molar-refractivity contribution in [1.29, 1.82) is 0 Å². The van der Waals surface area contributed by atoms with E-state index in [0.717, 1.165) is 45.4 Å². The van der Waals surface area contributed by atoms with Crippen molar-refractivity contribution in [3.63, 3.8) is 0 Å². The lowest BCUT2D eigenvalue weighted by Crippen LogP contribution is -2.48. The van der Waals surface area contributed by atoms with Gasteiger partial charge < -0.3 is 15.4 Å². The van der Waals surface area contributed by atoms with Gasteiger partial charge in [0, 0.05) is 18.6 Å². The molecule has 0 aromatic heterocycles. The number of piperidine rings is 1. The summed E-state index contributed by atoms with van der Waals surface area (Å²) in [6.45, 7) is 6.88. The van der Waals surface area contributed by atoms with Crippen LogP contribution in [0.4, 0.5) is 0 Å². The quantitative estimate of drug-likeness (QED) is 0.759. The molecule has 17 heavy (non-hydrogen) atoms. The maximum Gasteiger partial charge on any atom is 0.223 e. The first kappa shape index (κ1) is 12.8. The lowest BCUT2D eigenvalue weighted by molar-refractivity contribution is -0.128. The molecule has 4 heteroatoms. The molecule has 1 unspecified atom stereocenters. The summed E-state index contributed by atoms with van der Waals surface area (Å²) in [5.41, 5.74) is -0.0929. The Morgan fingerprint density at radius 1 is 1.29 bits per heavy atom. The van der Waals surface area contributed by atoms with E-state index >= 15 is 0 Å². The predicted octanol–water partition coefficient (Wildman–Crippen LogP) is 1.06. The summed E-state index contributed by atoms with van der Waals surface area (Å²) in [4.78, 5) is 12.1. The van der Waals surface area contributed by atoms with Gasteiger partial charge in [-0.15, -0.1) is 0 Å². The van der Waals surface area contributed by atoms with E-state index in [0.29, 0.717) is 6.04 Å². The van der Waals surface area contributed by atoms with Crippen molar-refractivity contribution in [3.8, 4) is 0 Å². The zero-order valence-electron chi connectivity index (χ0n) is 10.9. The van der Waals surface area contributed by atoms with E-state index < -0.39 is 0 Å². The first-order valence-corrected chi connectivity index (χ1v) is 6.72. The number of nitrogens with one attached hydrogen (secondary N) is 2. The molecule has 0 aromatic carbocycles. The minimum absolute atomic E-state index is 0.0929. The molecule has 0 saturated carbocycles. The van der Waals surface area contributed by atoms with Crippen molar-refractivity contribution in [3.05, 3.63) is 0 Å². The third-order valence-corrected chi connectivity index (χ3v) is 3.75. The maximum atomic E-state index is 12.1. The van der Waals surface area contributed by atoms with Crippen LogP contribution >= 0.6 is 0 Å². The summed E-state index contributed by atoms with van der Waals surface area (Å²) in [5.74, 6) is 0.455. The van der Waals surface area contributed by atoms with Crippen LogP contribution in [0.25, 0.3) is 0 Å². The van der Waals surface area contributed by atoms with Crippen molar-refractivity contribution in [2.24, 2.45) is 5.92 Å². The van der Waals surface area contributed by atoms with Gasteiger partial charge in [0.2, 0.25) is 5.91 Å². The summed E-state index contributed by atoms with van der Waals surface area (Å²) in [6.07, 6.45) is 3.81. The van der Waals surface area contributed by atoms with Crippen LogP contribution in [0.1, 0.15) is 39.5 Å². The Balaban J connectivity index is 1.81. The molecule has 0 bridgehead atoms. The first-order chi connectivity index (χ1) is 8.07. The molecule has 2 rings (SSSR count). The summed E-state index contributed by atoms with van der Waals surface area (Å²) in [6, 6.07) is 0.293. The fraction of sp³-hybridized carbons (Fsp3) is 0.923. The van der Waals surface area contributed by atoms with Crippen molar-refractivity contribution in [1.82, 2.24) is 10.6 Å². The Morgan fingerprint density at radius 2 is 2.00 bits per heavy atom. The molecule has 2 aliphatic heterocycles.